The molecule has 1 unspecified atom stereocenters. The largest absolute Gasteiger partial charge is 0.329 e. The van der Waals surface area contributed by atoms with E-state index in [4.69, 9.17) is 5.73 Å². The van der Waals surface area contributed by atoms with Gasteiger partial charge in [-0.3, -0.25) is 4.90 Å². The van der Waals surface area contributed by atoms with E-state index in [2.05, 4.69) is 49.9 Å². The Labute approximate surface area is 130 Å². The first-order valence-corrected chi connectivity index (χ1v) is 8.73. The summed E-state index contributed by atoms with van der Waals surface area (Å²) in [6, 6.07) is 10.1. The predicted molar refractivity (Wildman–Crippen MR) is 91.6 cm³/mol. The molecule has 2 heteroatoms. The van der Waals surface area contributed by atoms with Crippen LogP contribution in [0.3, 0.4) is 0 Å². The van der Waals surface area contributed by atoms with Crippen molar-refractivity contribution in [2.45, 2.75) is 70.9 Å². The zero-order valence-corrected chi connectivity index (χ0v) is 14.0. The van der Waals surface area contributed by atoms with Gasteiger partial charge >= 0.3 is 0 Å². The number of nitrogens with zero attached hydrogens (tertiary/aromatic N) is 1. The van der Waals surface area contributed by atoms with Crippen molar-refractivity contribution < 1.29 is 0 Å². The summed E-state index contributed by atoms with van der Waals surface area (Å²) in [5.74, 6) is 0.816. The first-order chi connectivity index (χ1) is 10.2. The number of nitrogens with two attached hydrogens (primary N) is 1. The van der Waals surface area contributed by atoms with E-state index >= 15 is 0 Å². The topological polar surface area (TPSA) is 29.3 Å². The molecule has 1 atom stereocenters. The molecule has 21 heavy (non-hydrogen) atoms. The maximum Gasteiger partial charge on any atom is 0.0473 e. The van der Waals surface area contributed by atoms with Gasteiger partial charge in [0.2, 0.25) is 0 Å². The van der Waals surface area contributed by atoms with Crippen LogP contribution in [0.4, 0.5) is 0 Å². The Balaban J connectivity index is 2.12. The van der Waals surface area contributed by atoms with Gasteiger partial charge in [0.15, 0.2) is 0 Å². The van der Waals surface area contributed by atoms with Crippen LogP contribution in [0, 0.1) is 0 Å². The fourth-order valence-electron chi connectivity index (χ4n) is 3.22. The van der Waals surface area contributed by atoms with E-state index in [-0.39, 0.29) is 0 Å². The van der Waals surface area contributed by atoms with Crippen LogP contribution in [0.25, 0.3) is 0 Å². The Bertz CT molecular complexity index is 423. The lowest BCUT2D eigenvalue weighted by atomic mass is 9.99. The first kappa shape index (κ1) is 16.5. The normalized spacial score (nSPS) is 16.7. The van der Waals surface area contributed by atoms with Crippen molar-refractivity contribution in [3.8, 4) is 0 Å². The van der Waals surface area contributed by atoms with Gasteiger partial charge in [-0.1, -0.05) is 44.0 Å². The van der Waals surface area contributed by atoms with Crippen molar-refractivity contribution in [1.29, 1.82) is 0 Å². The standard InChI is InChI=1S/C19H32N2/c1-4-5-6-12-21(15(2)3)19(14-20)18-9-7-8-17(13-18)16-10-11-16/h7-9,13,15-16,19H,4-6,10-12,14,20H2,1-3H3. The summed E-state index contributed by atoms with van der Waals surface area (Å²) in [6.07, 6.45) is 6.58. The molecule has 1 aliphatic carbocycles. The lowest BCUT2D eigenvalue weighted by molar-refractivity contribution is 0.154. The number of unbranched alkanes of at least 4 members (excludes halogenated alkanes) is 2. The van der Waals surface area contributed by atoms with E-state index in [1.165, 1.54) is 43.2 Å². The van der Waals surface area contributed by atoms with Crippen molar-refractivity contribution in [3.05, 3.63) is 35.4 Å². The molecule has 0 bridgehead atoms. The molecule has 0 saturated heterocycles. The summed E-state index contributed by atoms with van der Waals surface area (Å²) < 4.78 is 0. The fraction of sp³-hybridized carbons (Fsp3) is 0.684. The Hall–Kier alpha value is -0.860. The van der Waals surface area contributed by atoms with Crippen LogP contribution in [0.15, 0.2) is 24.3 Å². The number of hydrogen-bond donors (Lipinski definition) is 1. The third kappa shape index (κ3) is 4.55. The van der Waals surface area contributed by atoms with E-state index in [1.54, 1.807) is 0 Å². The molecule has 0 radical (unpaired) electrons. The van der Waals surface area contributed by atoms with E-state index in [9.17, 15) is 0 Å². The average Bonchev–Trinajstić information content (AvgIpc) is 3.31. The Kier molecular flexibility index (Phi) is 6.25. The zero-order chi connectivity index (χ0) is 15.2. The molecule has 0 aromatic heterocycles. The third-order valence-corrected chi connectivity index (χ3v) is 4.65. The lowest BCUT2D eigenvalue weighted by Gasteiger charge is -2.35. The summed E-state index contributed by atoms with van der Waals surface area (Å²) in [7, 11) is 0. The van der Waals surface area contributed by atoms with Gasteiger partial charge in [0.1, 0.15) is 0 Å². The fourth-order valence-corrected chi connectivity index (χ4v) is 3.22. The Morgan fingerprint density at radius 2 is 2.00 bits per heavy atom. The molecule has 0 spiro atoms. The minimum Gasteiger partial charge on any atom is -0.329 e. The molecule has 0 heterocycles. The number of rotatable bonds is 9. The van der Waals surface area contributed by atoms with Crippen LogP contribution in [0.5, 0.6) is 0 Å². The number of benzene rings is 1. The second kappa shape index (κ2) is 7.95. The Morgan fingerprint density at radius 1 is 1.24 bits per heavy atom. The van der Waals surface area contributed by atoms with Gasteiger partial charge in [0.25, 0.3) is 0 Å². The second-order valence-corrected chi connectivity index (χ2v) is 6.73. The predicted octanol–water partition coefficient (Wildman–Crippen LogP) is 4.46. The van der Waals surface area contributed by atoms with Crippen molar-refractivity contribution >= 4 is 0 Å². The molecule has 118 valence electrons. The van der Waals surface area contributed by atoms with Crippen molar-refractivity contribution in [2.24, 2.45) is 5.73 Å². The SMILES string of the molecule is CCCCCN(C(C)C)C(CN)c1cccc(C2CC2)c1. The number of hydrogen-bond acceptors (Lipinski definition) is 2. The van der Waals surface area contributed by atoms with Crippen LogP contribution in [-0.2, 0) is 0 Å². The molecule has 0 amide bonds. The van der Waals surface area contributed by atoms with Crippen LogP contribution >= 0.6 is 0 Å². The van der Waals surface area contributed by atoms with Crippen molar-refractivity contribution in [3.63, 3.8) is 0 Å². The van der Waals surface area contributed by atoms with Gasteiger partial charge in [0.05, 0.1) is 0 Å². The highest BCUT2D eigenvalue weighted by molar-refractivity contribution is 5.31. The second-order valence-electron chi connectivity index (χ2n) is 6.73. The van der Waals surface area contributed by atoms with Crippen molar-refractivity contribution in [1.82, 2.24) is 4.90 Å². The molecule has 1 fully saturated rings. The van der Waals surface area contributed by atoms with Crippen LogP contribution in [0.1, 0.15) is 76.0 Å². The van der Waals surface area contributed by atoms with Gasteiger partial charge in [0, 0.05) is 18.6 Å². The van der Waals surface area contributed by atoms with Gasteiger partial charge in [-0.2, -0.15) is 0 Å². The smallest absolute Gasteiger partial charge is 0.0473 e. The van der Waals surface area contributed by atoms with Crippen LogP contribution in [0.2, 0.25) is 0 Å². The van der Waals surface area contributed by atoms with Gasteiger partial charge < -0.3 is 5.73 Å². The first-order valence-electron chi connectivity index (χ1n) is 8.73. The summed E-state index contributed by atoms with van der Waals surface area (Å²) in [4.78, 5) is 2.58. The highest BCUT2D eigenvalue weighted by Crippen LogP contribution is 2.40. The summed E-state index contributed by atoms with van der Waals surface area (Å²) in [5, 5.41) is 0. The molecular weight excluding hydrogens is 256 g/mol. The molecule has 1 saturated carbocycles. The zero-order valence-electron chi connectivity index (χ0n) is 14.0. The molecular formula is C19H32N2. The molecule has 1 aromatic carbocycles. The Morgan fingerprint density at radius 3 is 2.57 bits per heavy atom. The molecule has 2 rings (SSSR count). The molecule has 1 aromatic rings. The monoisotopic (exact) mass is 288 g/mol. The summed E-state index contributed by atoms with van der Waals surface area (Å²) in [6.45, 7) is 8.71. The van der Waals surface area contributed by atoms with Crippen LogP contribution in [-0.4, -0.2) is 24.0 Å². The maximum absolute atomic E-state index is 6.15. The average molecular weight is 288 g/mol. The van der Waals surface area contributed by atoms with E-state index in [0.29, 0.717) is 18.6 Å². The molecule has 1 aliphatic rings. The van der Waals surface area contributed by atoms with Gasteiger partial charge in [-0.15, -0.1) is 0 Å². The minimum absolute atomic E-state index is 0.362. The summed E-state index contributed by atoms with van der Waals surface area (Å²) >= 11 is 0. The maximum atomic E-state index is 6.15. The lowest BCUT2D eigenvalue weighted by Crippen LogP contribution is -2.39. The van der Waals surface area contributed by atoms with Gasteiger partial charge in [-0.25, -0.2) is 0 Å². The summed E-state index contributed by atoms with van der Waals surface area (Å²) in [5.41, 5.74) is 9.07. The highest BCUT2D eigenvalue weighted by atomic mass is 15.2. The van der Waals surface area contributed by atoms with Crippen molar-refractivity contribution in [2.75, 3.05) is 13.1 Å². The third-order valence-electron chi connectivity index (χ3n) is 4.65. The minimum atomic E-state index is 0.362. The van der Waals surface area contributed by atoms with E-state index in [0.717, 1.165) is 12.5 Å². The quantitative estimate of drug-likeness (QED) is 0.680. The highest BCUT2D eigenvalue weighted by Gasteiger charge is 2.26. The van der Waals surface area contributed by atoms with E-state index in [1.807, 2.05) is 0 Å². The molecule has 2 N–H and O–H groups in total. The van der Waals surface area contributed by atoms with Crippen LogP contribution < -0.4 is 5.73 Å². The molecule has 0 aliphatic heterocycles. The van der Waals surface area contributed by atoms with E-state index < -0.39 is 0 Å². The van der Waals surface area contributed by atoms with Gasteiger partial charge in [-0.05, 0) is 56.7 Å². The molecule has 2 nitrogen and oxygen atoms in total.